The highest BCUT2D eigenvalue weighted by atomic mass is 35.5. The molecular weight excluding hydrogens is 411 g/mol. The highest BCUT2D eigenvalue weighted by molar-refractivity contribution is 6.17. The minimum Gasteiger partial charge on any atom is -0.459 e. The molecule has 0 bridgehead atoms. The molecule has 0 heterocycles. The highest BCUT2D eigenvalue weighted by Crippen LogP contribution is 2.38. The first kappa shape index (κ1) is 24.6. The van der Waals surface area contributed by atoms with E-state index in [0.29, 0.717) is 23.8 Å². The average molecular weight is 451 g/mol. The number of carbonyl (C=O) groups is 1. The van der Waals surface area contributed by atoms with Crippen LogP contribution in [0.1, 0.15) is 112 Å². The maximum Gasteiger partial charge on any atom is 0.338 e. The zero-order chi connectivity index (χ0) is 21.9. The van der Waals surface area contributed by atoms with Crippen molar-refractivity contribution < 1.29 is 13.9 Å². The molecule has 2 saturated carbocycles. The van der Waals surface area contributed by atoms with Crippen molar-refractivity contribution >= 4 is 17.6 Å². The number of carbonyl (C=O) groups excluding carboxylic acids is 1. The SMILES string of the molecule is O=C(OC1CCC(CCCCF)CC1)c1ccc([C@H]2CC[C@H](CCCCCl)CC2)cc1. The van der Waals surface area contributed by atoms with Gasteiger partial charge in [-0.15, -0.1) is 11.6 Å². The second-order valence-corrected chi connectivity index (χ2v) is 10.1. The van der Waals surface area contributed by atoms with Crippen molar-refractivity contribution in [1.29, 1.82) is 0 Å². The number of rotatable bonds is 11. The lowest BCUT2D eigenvalue weighted by molar-refractivity contribution is 0.0160. The Hall–Kier alpha value is -1.09. The molecule has 0 spiro atoms. The molecule has 2 fully saturated rings. The molecule has 31 heavy (non-hydrogen) atoms. The standard InChI is InChI=1S/C27H40ClFO2/c28-19-3-1-5-21-7-11-23(12-8-21)24-13-15-25(16-14-24)27(30)31-26-17-9-22(10-18-26)6-2-4-20-29/h13-16,21-23,26H,1-12,17-20H2/t21-,22?,23-,26?. The number of hydrogen-bond acceptors (Lipinski definition) is 2. The second kappa shape index (κ2) is 13.5. The second-order valence-electron chi connectivity index (χ2n) is 9.76. The summed E-state index contributed by atoms with van der Waals surface area (Å²) in [5.41, 5.74) is 2.04. The quantitative estimate of drug-likeness (QED) is 0.193. The molecule has 0 aromatic heterocycles. The van der Waals surface area contributed by atoms with Crippen molar-refractivity contribution in [2.45, 2.75) is 102 Å². The van der Waals surface area contributed by atoms with E-state index in [1.54, 1.807) is 0 Å². The Labute approximate surface area is 193 Å². The van der Waals surface area contributed by atoms with Gasteiger partial charge in [0, 0.05) is 5.88 Å². The number of benzene rings is 1. The van der Waals surface area contributed by atoms with Gasteiger partial charge in [-0.05, 0) is 99.7 Å². The highest BCUT2D eigenvalue weighted by Gasteiger charge is 2.25. The van der Waals surface area contributed by atoms with Crippen molar-refractivity contribution in [3.05, 3.63) is 35.4 Å². The van der Waals surface area contributed by atoms with Crippen molar-refractivity contribution in [2.24, 2.45) is 11.8 Å². The van der Waals surface area contributed by atoms with Crippen molar-refractivity contribution in [2.75, 3.05) is 12.6 Å². The van der Waals surface area contributed by atoms with E-state index in [-0.39, 0.29) is 18.7 Å². The Morgan fingerprint density at radius 1 is 0.839 bits per heavy atom. The van der Waals surface area contributed by atoms with Crippen LogP contribution in [-0.4, -0.2) is 24.6 Å². The third-order valence-electron chi connectivity index (χ3n) is 7.52. The van der Waals surface area contributed by atoms with Gasteiger partial charge in [-0.25, -0.2) is 4.79 Å². The van der Waals surface area contributed by atoms with Gasteiger partial charge in [-0.2, -0.15) is 0 Å². The van der Waals surface area contributed by atoms with E-state index < -0.39 is 0 Å². The molecule has 3 rings (SSSR count). The van der Waals surface area contributed by atoms with E-state index in [1.165, 1.54) is 44.1 Å². The fourth-order valence-corrected chi connectivity index (χ4v) is 5.68. The first-order chi connectivity index (χ1) is 15.2. The van der Waals surface area contributed by atoms with Crippen LogP contribution in [0, 0.1) is 11.8 Å². The summed E-state index contributed by atoms with van der Waals surface area (Å²) in [6.45, 7) is -0.206. The summed E-state index contributed by atoms with van der Waals surface area (Å²) in [7, 11) is 0. The van der Waals surface area contributed by atoms with E-state index in [0.717, 1.165) is 56.7 Å². The van der Waals surface area contributed by atoms with E-state index in [2.05, 4.69) is 12.1 Å². The number of halogens is 2. The summed E-state index contributed by atoms with van der Waals surface area (Å²) < 4.78 is 18.0. The molecule has 1 aromatic carbocycles. The Bertz CT molecular complexity index is 631. The molecule has 0 amide bonds. The smallest absolute Gasteiger partial charge is 0.338 e. The summed E-state index contributed by atoms with van der Waals surface area (Å²) in [5, 5.41) is 0. The third-order valence-corrected chi connectivity index (χ3v) is 7.79. The van der Waals surface area contributed by atoms with Crippen LogP contribution in [0.3, 0.4) is 0 Å². The Kier molecular flexibility index (Phi) is 10.7. The first-order valence-corrected chi connectivity index (χ1v) is 13.2. The topological polar surface area (TPSA) is 26.3 Å². The lowest BCUT2D eigenvalue weighted by atomic mass is 9.77. The number of hydrogen-bond donors (Lipinski definition) is 0. The molecule has 174 valence electrons. The van der Waals surface area contributed by atoms with Crippen LogP contribution in [-0.2, 0) is 4.74 Å². The Morgan fingerprint density at radius 3 is 2.00 bits per heavy atom. The predicted molar refractivity (Wildman–Crippen MR) is 127 cm³/mol. The fraction of sp³-hybridized carbons (Fsp3) is 0.741. The molecule has 0 aliphatic heterocycles. The van der Waals surface area contributed by atoms with E-state index in [1.807, 2.05) is 12.1 Å². The monoisotopic (exact) mass is 450 g/mol. The zero-order valence-electron chi connectivity index (χ0n) is 19.0. The first-order valence-electron chi connectivity index (χ1n) is 12.6. The van der Waals surface area contributed by atoms with Gasteiger partial charge in [-0.1, -0.05) is 37.8 Å². The molecular formula is C27H40ClFO2. The van der Waals surface area contributed by atoms with Gasteiger partial charge in [-0.3, -0.25) is 4.39 Å². The molecule has 2 aliphatic carbocycles. The van der Waals surface area contributed by atoms with Crippen LogP contribution in [0.25, 0.3) is 0 Å². The Morgan fingerprint density at radius 2 is 1.42 bits per heavy atom. The molecule has 0 atom stereocenters. The summed E-state index contributed by atoms with van der Waals surface area (Å²) in [6, 6.07) is 8.17. The fourth-order valence-electron chi connectivity index (χ4n) is 5.49. The van der Waals surface area contributed by atoms with Crippen LogP contribution < -0.4 is 0 Å². The summed E-state index contributed by atoms with van der Waals surface area (Å²) >= 11 is 5.80. The van der Waals surface area contributed by atoms with Gasteiger partial charge in [0.15, 0.2) is 0 Å². The predicted octanol–water partition coefficient (Wildman–Crippen LogP) is 8.22. The molecule has 1 aromatic rings. The molecule has 0 unspecified atom stereocenters. The van der Waals surface area contributed by atoms with Crippen LogP contribution in [0.15, 0.2) is 24.3 Å². The van der Waals surface area contributed by atoms with Crippen LogP contribution in [0.5, 0.6) is 0 Å². The van der Waals surface area contributed by atoms with Crippen LogP contribution >= 0.6 is 11.6 Å². The van der Waals surface area contributed by atoms with Gasteiger partial charge < -0.3 is 4.74 Å². The van der Waals surface area contributed by atoms with Crippen LogP contribution in [0.2, 0.25) is 0 Å². The normalized spacial score (nSPS) is 26.5. The lowest BCUT2D eigenvalue weighted by Crippen LogP contribution is -2.24. The molecule has 2 aliphatic rings. The lowest BCUT2D eigenvalue weighted by Gasteiger charge is -2.29. The van der Waals surface area contributed by atoms with Gasteiger partial charge in [0.05, 0.1) is 12.2 Å². The van der Waals surface area contributed by atoms with Crippen molar-refractivity contribution in [3.8, 4) is 0 Å². The molecule has 4 heteroatoms. The number of unbranched alkanes of at least 4 members (excludes halogenated alkanes) is 2. The Balaban J connectivity index is 1.39. The third kappa shape index (κ3) is 8.08. The van der Waals surface area contributed by atoms with E-state index in [4.69, 9.17) is 16.3 Å². The average Bonchev–Trinajstić information content (AvgIpc) is 2.81. The summed E-state index contributed by atoms with van der Waals surface area (Å²) in [4.78, 5) is 12.6. The maximum atomic E-state index is 12.6. The largest absolute Gasteiger partial charge is 0.459 e. The van der Waals surface area contributed by atoms with Gasteiger partial charge in [0.25, 0.3) is 0 Å². The van der Waals surface area contributed by atoms with E-state index in [9.17, 15) is 9.18 Å². The van der Waals surface area contributed by atoms with Gasteiger partial charge in [0.2, 0.25) is 0 Å². The summed E-state index contributed by atoms with van der Waals surface area (Å²) in [5.74, 6) is 2.77. The number of alkyl halides is 2. The maximum absolute atomic E-state index is 12.6. The van der Waals surface area contributed by atoms with E-state index >= 15 is 0 Å². The van der Waals surface area contributed by atoms with Crippen molar-refractivity contribution in [3.63, 3.8) is 0 Å². The van der Waals surface area contributed by atoms with Gasteiger partial charge in [0.1, 0.15) is 6.10 Å². The number of esters is 1. The van der Waals surface area contributed by atoms with Gasteiger partial charge >= 0.3 is 5.97 Å². The molecule has 0 N–H and O–H groups in total. The molecule has 2 nitrogen and oxygen atoms in total. The van der Waals surface area contributed by atoms with Crippen molar-refractivity contribution in [1.82, 2.24) is 0 Å². The minimum absolute atomic E-state index is 0.0404. The summed E-state index contributed by atoms with van der Waals surface area (Å²) in [6.07, 6.45) is 15.7. The molecule has 0 radical (unpaired) electrons. The minimum atomic E-state index is -0.206. The molecule has 0 saturated heterocycles. The van der Waals surface area contributed by atoms with Crippen LogP contribution in [0.4, 0.5) is 4.39 Å². The zero-order valence-corrected chi connectivity index (χ0v) is 19.8. The number of ether oxygens (including phenoxy) is 1.